The third kappa shape index (κ3) is 4.72. The van der Waals surface area contributed by atoms with Crippen molar-refractivity contribution in [1.82, 2.24) is 0 Å². The summed E-state index contributed by atoms with van der Waals surface area (Å²) < 4.78 is 5.45. The van der Waals surface area contributed by atoms with Gasteiger partial charge in [0.05, 0.1) is 6.10 Å². The molecule has 0 amide bonds. The van der Waals surface area contributed by atoms with Crippen LogP contribution in [-0.4, -0.2) is 24.0 Å². The van der Waals surface area contributed by atoms with E-state index in [0.717, 1.165) is 25.9 Å². The van der Waals surface area contributed by atoms with Crippen LogP contribution in [0.5, 0.6) is 0 Å². The van der Waals surface area contributed by atoms with Crippen LogP contribution in [-0.2, 0) is 9.53 Å². The van der Waals surface area contributed by atoms with Crippen molar-refractivity contribution in [3.63, 3.8) is 0 Å². The Morgan fingerprint density at radius 2 is 2.29 bits per heavy atom. The topological polar surface area (TPSA) is 52.3 Å². The average Bonchev–Trinajstić information content (AvgIpc) is 2.49. The van der Waals surface area contributed by atoms with E-state index in [9.17, 15) is 4.79 Å². The number of hydrogen-bond donors (Lipinski definition) is 1. The Hall–Kier alpha value is -0.410. The fourth-order valence-corrected chi connectivity index (χ4v) is 1.79. The van der Waals surface area contributed by atoms with Gasteiger partial charge in [-0.3, -0.25) is 4.79 Å². The molecule has 1 saturated heterocycles. The average molecular weight is 199 g/mol. The predicted molar refractivity (Wildman–Crippen MR) is 56.1 cm³/mol. The summed E-state index contributed by atoms with van der Waals surface area (Å²) in [4.78, 5) is 11.5. The van der Waals surface area contributed by atoms with Crippen molar-refractivity contribution < 1.29 is 9.53 Å². The van der Waals surface area contributed by atoms with E-state index >= 15 is 0 Å². The normalized spacial score (nSPS) is 22.6. The number of ketones is 1. The molecule has 0 aromatic rings. The van der Waals surface area contributed by atoms with Crippen LogP contribution in [0.2, 0.25) is 0 Å². The first-order valence-corrected chi connectivity index (χ1v) is 5.39. The molecular weight excluding hydrogens is 178 g/mol. The molecule has 1 aliphatic heterocycles. The first-order valence-electron chi connectivity index (χ1n) is 5.39. The molecule has 1 unspecified atom stereocenters. The van der Waals surface area contributed by atoms with Gasteiger partial charge in [-0.1, -0.05) is 0 Å². The minimum atomic E-state index is -0.367. The van der Waals surface area contributed by atoms with Crippen LogP contribution in [0, 0.1) is 0 Å². The van der Waals surface area contributed by atoms with Gasteiger partial charge in [0.15, 0.2) is 0 Å². The van der Waals surface area contributed by atoms with Crippen LogP contribution in [0.1, 0.15) is 46.0 Å². The van der Waals surface area contributed by atoms with Gasteiger partial charge in [0.2, 0.25) is 0 Å². The molecule has 0 radical (unpaired) electrons. The largest absolute Gasteiger partial charge is 0.378 e. The van der Waals surface area contributed by atoms with Crippen LogP contribution in [0.3, 0.4) is 0 Å². The minimum absolute atomic E-state index is 0.257. The van der Waals surface area contributed by atoms with E-state index in [1.54, 1.807) is 0 Å². The van der Waals surface area contributed by atoms with Crippen LogP contribution < -0.4 is 5.73 Å². The van der Waals surface area contributed by atoms with Crippen molar-refractivity contribution in [2.45, 2.75) is 57.6 Å². The molecule has 2 N–H and O–H groups in total. The molecule has 0 aliphatic carbocycles. The van der Waals surface area contributed by atoms with Crippen LogP contribution in [0.25, 0.3) is 0 Å². The molecule has 3 heteroatoms. The number of hydrogen-bond acceptors (Lipinski definition) is 3. The Labute approximate surface area is 86.0 Å². The van der Waals surface area contributed by atoms with Gasteiger partial charge in [-0.25, -0.2) is 0 Å². The summed E-state index contributed by atoms with van der Waals surface area (Å²) in [5, 5.41) is 0. The highest BCUT2D eigenvalue weighted by molar-refractivity contribution is 5.79. The summed E-state index contributed by atoms with van der Waals surface area (Å²) in [6, 6.07) is 0. The first kappa shape index (κ1) is 11.7. The van der Waals surface area contributed by atoms with Gasteiger partial charge in [0.1, 0.15) is 5.78 Å². The molecule has 0 aromatic heterocycles. The lowest BCUT2D eigenvalue weighted by Gasteiger charge is -2.17. The van der Waals surface area contributed by atoms with Gasteiger partial charge in [-0.05, 0) is 33.1 Å². The fraction of sp³-hybridized carbons (Fsp3) is 0.909. The summed E-state index contributed by atoms with van der Waals surface area (Å²) in [5.41, 5.74) is 5.40. The number of nitrogens with two attached hydrogens (primary N) is 1. The van der Waals surface area contributed by atoms with Crippen molar-refractivity contribution in [2.24, 2.45) is 5.73 Å². The van der Waals surface area contributed by atoms with E-state index < -0.39 is 0 Å². The summed E-state index contributed by atoms with van der Waals surface area (Å²) in [6.45, 7) is 4.63. The summed E-state index contributed by atoms with van der Waals surface area (Å²) >= 11 is 0. The highest BCUT2D eigenvalue weighted by Gasteiger charge is 2.19. The molecule has 1 fully saturated rings. The van der Waals surface area contributed by atoms with E-state index in [1.165, 1.54) is 0 Å². The summed E-state index contributed by atoms with van der Waals surface area (Å²) in [7, 11) is 0. The third-order valence-corrected chi connectivity index (χ3v) is 2.42. The van der Waals surface area contributed by atoms with Crippen LogP contribution in [0.15, 0.2) is 0 Å². The van der Waals surface area contributed by atoms with E-state index in [2.05, 4.69) is 0 Å². The number of rotatable bonds is 5. The second-order valence-corrected chi connectivity index (χ2v) is 4.88. The van der Waals surface area contributed by atoms with E-state index in [0.29, 0.717) is 18.9 Å². The van der Waals surface area contributed by atoms with Gasteiger partial charge in [-0.2, -0.15) is 0 Å². The van der Waals surface area contributed by atoms with Gasteiger partial charge in [-0.15, -0.1) is 0 Å². The molecule has 1 aliphatic rings. The standard InChI is InChI=1S/C11H21NO2/c1-11(2,12)8-9(13)5-6-10-4-3-7-14-10/h10H,3-8,12H2,1-2H3. The Morgan fingerprint density at radius 1 is 1.57 bits per heavy atom. The zero-order valence-electron chi connectivity index (χ0n) is 9.21. The fourth-order valence-electron chi connectivity index (χ4n) is 1.79. The van der Waals surface area contributed by atoms with Crippen molar-refractivity contribution in [1.29, 1.82) is 0 Å². The summed E-state index contributed by atoms with van der Waals surface area (Å²) in [6.07, 6.45) is 4.53. The minimum Gasteiger partial charge on any atom is -0.378 e. The number of Topliss-reactive ketones (excluding diaryl/α,β-unsaturated/α-hetero) is 1. The monoisotopic (exact) mass is 199 g/mol. The maximum atomic E-state index is 11.5. The molecule has 3 nitrogen and oxygen atoms in total. The third-order valence-electron chi connectivity index (χ3n) is 2.42. The lowest BCUT2D eigenvalue weighted by molar-refractivity contribution is -0.120. The zero-order valence-corrected chi connectivity index (χ0v) is 9.21. The second-order valence-electron chi connectivity index (χ2n) is 4.88. The number of carbonyl (C=O) groups is 1. The van der Waals surface area contributed by atoms with Crippen molar-refractivity contribution in [3.05, 3.63) is 0 Å². The van der Waals surface area contributed by atoms with Gasteiger partial charge < -0.3 is 10.5 Å². The lowest BCUT2D eigenvalue weighted by Crippen LogP contribution is -2.34. The Balaban J connectivity index is 2.14. The van der Waals surface area contributed by atoms with Gasteiger partial charge in [0.25, 0.3) is 0 Å². The second kappa shape index (κ2) is 4.89. The molecule has 0 spiro atoms. The SMILES string of the molecule is CC(C)(N)CC(=O)CCC1CCCO1. The first-order chi connectivity index (χ1) is 6.47. The Bertz CT molecular complexity index is 190. The quantitative estimate of drug-likeness (QED) is 0.732. The summed E-state index contributed by atoms with van der Waals surface area (Å²) in [5.74, 6) is 0.257. The highest BCUT2D eigenvalue weighted by Crippen LogP contribution is 2.18. The van der Waals surface area contributed by atoms with Crippen LogP contribution in [0.4, 0.5) is 0 Å². The molecule has 0 saturated carbocycles. The number of ether oxygens (including phenoxy) is 1. The molecule has 14 heavy (non-hydrogen) atoms. The van der Waals surface area contributed by atoms with Gasteiger partial charge >= 0.3 is 0 Å². The predicted octanol–water partition coefficient (Wildman–Crippen LogP) is 1.64. The number of carbonyl (C=O) groups excluding carboxylic acids is 1. The molecule has 1 atom stereocenters. The van der Waals surface area contributed by atoms with E-state index in [-0.39, 0.29) is 11.3 Å². The maximum absolute atomic E-state index is 11.5. The molecule has 82 valence electrons. The molecule has 1 heterocycles. The highest BCUT2D eigenvalue weighted by atomic mass is 16.5. The molecular formula is C11H21NO2. The van der Waals surface area contributed by atoms with E-state index in [1.807, 2.05) is 13.8 Å². The maximum Gasteiger partial charge on any atom is 0.134 e. The van der Waals surface area contributed by atoms with E-state index in [4.69, 9.17) is 10.5 Å². The van der Waals surface area contributed by atoms with Crippen molar-refractivity contribution >= 4 is 5.78 Å². The molecule has 1 rings (SSSR count). The molecule has 0 bridgehead atoms. The van der Waals surface area contributed by atoms with Crippen molar-refractivity contribution in [3.8, 4) is 0 Å². The van der Waals surface area contributed by atoms with Crippen molar-refractivity contribution in [2.75, 3.05) is 6.61 Å². The smallest absolute Gasteiger partial charge is 0.134 e. The van der Waals surface area contributed by atoms with Crippen LogP contribution >= 0.6 is 0 Å². The lowest BCUT2D eigenvalue weighted by atomic mass is 9.96. The Kier molecular flexibility index (Phi) is 4.08. The van der Waals surface area contributed by atoms with Gasteiger partial charge in [0, 0.05) is 25.0 Å². The molecule has 0 aromatic carbocycles. The Morgan fingerprint density at radius 3 is 2.79 bits per heavy atom. The zero-order chi connectivity index (χ0) is 10.6.